The topological polar surface area (TPSA) is 119 Å². The first kappa shape index (κ1) is 22.5. The van der Waals surface area contributed by atoms with Crippen LogP contribution in [0, 0.1) is 10.7 Å². The second kappa shape index (κ2) is 22.9. The summed E-state index contributed by atoms with van der Waals surface area (Å²) >= 11 is 3.09. The molecule has 6 N–H and O–H groups in total. The fraction of sp³-hybridized carbons (Fsp3) is 0. The summed E-state index contributed by atoms with van der Waals surface area (Å²) in [5, 5.41) is 8.63. The van der Waals surface area contributed by atoms with Crippen LogP contribution in [-0.4, -0.2) is 14.7 Å². The Morgan fingerprint density at radius 3 is 1.44 bits per heavy atom. The minimum Gasteiger partial charge on any atom is -1.00 e. The van der Waals surface area contributed by atoms with Crippen LogP contribution in [0.2, 0.25) is 0 Å². The van der Waals surface area contributed by atoms with Crippen LogP contribution in [-0.2, 0) is 0 Å². The van der Waals surface area contributed by atoms with Crippen molar-refractivity contribution in [2.45, 2.75) is 0 Å². The van der Waals surface area contributed by atoms with Gasteiger partial charge in [-0.05, 0) is 0 Å². The molecule has 0 aliphatic carbocycles. The van der Waals surface area contributed by atoms with E-state index in [9.17, 15) is 0 Å². The molecular formula is CH8N2NaO3PS. The van der Waals surface area contributed by atoms with E-state index in [2.05, 4.69) is 12.6 Å². The van der Waals surface area contributed by atoms with Gasteiger partial charge in [0.25, 0.3) is 0 Å². The van der Waals surface area contributed by atoms with Crippen molar-refractivity contribution in [1.82, 2.24) is 6.15 Å². The first-order valence-electron chi connectivity index (χ1n) is 1.05. The van der Waals surface area contributed by atoms with Gasteiger partial charge in [0.05, 0.1) is 0 Å². The van der Waals surface area contributed by atoms with Crippen molar-refractivity contribution in [3.8, 4) is 5.40 Å². The zero-order valence-corrected chi connectivity index (χ0v) is 8.68. The Morgan fingerprint density at radius 1 is 1.44 bits per heavy atom. The quantitative estimate of drug-likeness (QED) is 0.117. The van der Waals surface area contributed by atoms with Crippen molar-refractivity contribution in [3.63, 3.8) is 0 Å². The predicted molar refractivity (Wildman–Crippen MR) is 34.3 cm³/mol. The van der Waals surface area contributed by atoms with Gasteiger partial charge in [0.1, 0.15) is 5.40 Å². The summed E-state index contributed by atoms with van der Waals surface area (Å²) in [5.74, 6) is 0. The number of thiol groups is 1. The van der Waals surface area contributed by atoms with Crippen molar-refractivity contribution in [1.29, 1.82) is 5.26 Å². The maximum Gasteiger partial charge on any atom is 1.00 e. The minimum atomic E-state index is -2.62. The zero-order valence-electron chi connectivity index (χ0n) is 5.89. The molecule has 9 heavy (non-hydrogen) atoms. The van der Waals surface area contributed by atoms with Crippen LogP contribution in [0.3, 0.4) is 0 Å². The smallest absolute Gasteiger partial charge is 1.00 e. The Morgan fingerprint density at radius 2 is 1.44 bits per heavy atom. The Bertz CT molecular complexity index is 69.3. The average molecular weight is 182 g/mol. The van der Waals surface area contributed by atoms with Gasteiger partial charge in [-0.15, -0.1) is 0 Å². The van der Waals surface area contributed by atoms with Gasteiger partial charge in [-0.25, -0.2) is 0 Å². The molecule has 0 spiro atoms. The molecule has 0 fully saturated rings. The van der Waals surface area contributed by atoms with Crippen molar-refractivity contribution in [2.75, 3.05) is 0 Å². The van der Waals surface area contributed by atoms with Gasteiger partial charge in [0.2, 0.25) is 0 Å². The predicted octanol–water partition coefficient (Wildman–Crippen LogP) is -3.13. The minimum absolute atomic E-state index is 0. The molecule has 0 saturated heterocycles. The van der Waals surface area contributed by atoms with E-state index in [0.29, 0.717) is 0 Å². The summed E-state index contributed by atoms with van der Waals surface area (Å²) < 4.78 is 0. The molecule has 0 heterocycles. The van der Waals surface area contributed by atoms with Gasteiger partial charge in [-0.2, -0.15) is 5.26 Å². The number of rotatable bonds is 0. The normalized spacial score (nSPS) is 4.89. The fourth-order valence-electron chi connectivity index (χ4n) is 0. The molecule has 0 aliphatic rings. The van der Waals surface area contributed by atoms with Crippen molar-refractivity contribution in [3.05, 3.63) is 0 Å². The largest absolute Gasteiger partial charge is 1.00 e. The summed E-state index contributed by atoms with van der Waals surface area (Å²) in [7, 11) is -2.62. The molecule has 0 radical (unpaired) electrons. The molecule has 0 aromatic carbocycles. The van der Waals surface area contributed by atoms with Crippen LogP contribution in [0.25, 0.3) is 0 Å². The third-order valence-corrected chi connectivity index (χ3v) is 0. The van der Waals surface area contributed by atoms with E-state index in [1.54, 1.807) is 0 Å². The monoisotopic (exact) mass is 182 g/mol. The van der Waals surface area contributed by atoms with Crippen molar-refractivity contribution < 1.29 is 45.7 Å². The Kier molecular flexibility index (Phi) is 57.3. The van der Waals surface area contributed by atoms with E-state index < -0.39 is 8.60 Å². The van der Waals surface area contributed by atoms with E-state index in [1.807, 2.05) is 0 Å². The SMILES string of the molecule is N.N#CS.OP(O)O.[H-].[Na+]. The summed E-state index contributed by atoms with van der Waals surface area (Å²) in [6, 6.07) is 0. The summed E-state index contributed by atoms with van der Waals surface area (Å²) in [5.41, 5.74) is 0. The molecule has 0 bridgehead atoms. The maximum atomic E-state index is 7.23. The van der Waals surface area contributed by atoms with E-state index in [-0.39, 0.29) is 37.1 Å². The van der Waals surface area contributed by atoms with E-state index in [4.69, 9.17) is 19.9 Å². The molecule has 5 nitrogen and oxygen atoms in total. The van der Waals surface area contributed by atoms with Crippen LogP contribution in [0.5, 0.6) is 0 Å². The van der Waals surface area contributed by atoms with Crippen LogP contribution in [0.15, 0.2) is 0 Å². The molecular weight excluding hydrogens is 174 g/mol. The third-order valence-electron chi connectivity index (χ3n) is 0. The summed E-state index contributed by atoms with van der Waals surface area (Å²) in [6.45, 7) is 0. The van der Waals surface area contributed by atoms with Gasteiger partial charge in [-0.3, -0.25) is 0 Å². The zero-order chi connectivity index (χ0) is 6.28. The van der Waals surface area contributed by atoms with Gasteiger partial charge in [-0.1, -0.05) is 12.6 Å². The first-order valence-corrected chi connectivity index (χ1v) is 2.69. The fourth-order valence-corrected chi connectivity index (χ4v) is 0. The molecule has 0 rings (SSSR count). The molecule has 0 aromatic heterocycles. The molecule has 0 aliphatic heterocycles. The number of hydrogen-bond donors (Lipinski definition) is 5. The number of hydrogen-bond acceptors (Lipinski definition) is 6. The summed E-state index contributed by atoms with van der Waals surface area (Å²) in [6.07, 6.45) is 0. The number of thiocyanates is 1. The molecule has 8 heteroatoms. The molecule has 0 unspecified atom stereocenters. The standard InChI is InChI=1S/CHNS.H3N.Na.H3O3P.H/c2-1-3;;;1-4(2)3;/h3H;1H3;;1-3H;/q;;+1;;-1. The average Bonchev–Trinajstić information content (AvgIpc) is 1.33. The second-order valence-electron chi connectivity index (χ2n) is 0.368. The van der Waals surface area contributed by atoms with Gasteiger partial charge in [0.15, 0.2) is 0 Å². The molecule has 0 saturated carbocycles. The second-order valence-corrected chi connectivity index (χ2v) is 1.10. The Labute approximate surface area is 83.5 Å². The van der Waals surface area contributed by atoms with Crippen LogP contribution in [0.4, 0.5) is 0 Å². The van der Waals surface area contributed by atoms with Crippen molar-refractivity contribution >= 4 is 21.2 Å². The molecule has 0 amide bonds. The Balaban J connectivity index is -0.0000000131. The van der Waals surface area contributed by atoms with Gasteiger partial charge >= 0.3 is 38.2 Å². The van der Waals surface area contributed by atoms with Crippen molar-refractivity contribution in [2.24, 2.45) is 0 Å². The van der Waals surface area contributed by atoms with E-state index >= 15 is 0 Å². The van der Waals surface area contributed by atoms with E-state index in [0.717, 1.165) is 0 Å². The molecule has 0 atom stereocenters. The van der Waals surface area contributed by atoms with Gasteiger partial charge < -0.3 is 22.3 Å². The Hall–Kier alpha value is 1.11. The molecule has 52 valence electrons. The maximum absolute atomic E-state index is 7.23. The van der Waals surface area contributed by atoms with Crippen LogP contribution >= 0.6 is 21.2 Å². The molecule has 0 aromatic rings. The first-order chi connectivity index (χ1) is 3.15. The third kappa shape index (κ3) is 374. The number of nitrogens with zero attached hydrogens (tertiary/aromatic N) is 1. The van der Waals surface area contributed by atoms with Crippen LogP contribution in [0.1, 0.15) is 1.43 Å². The van der Waals surface area contributed by atoms with Gasteiger partial charge in [0, 0.05) is 0 Å². The van der Waals surface area contributed by atoms with E-state index in [1.165, 1.54) is 5.40 Å². The summed E-state index contributed by atoms with van der Waals surface area (Å²) in [4.78, 5) is 21.7. The van der Waals surface area contributed by atoms with Crippen LogP contribution < -0.4 is 35.7 Å². The number of nitriles is 1.